The molecular weight excluding hydrogens is 417 g/mol. The SMILES string of the molecule is Nc1nn2ccc(-c3cc4c(c(C(F)(F)F)c3)C(=O)NC4)nc2c1C(=O)NC1COC1. The highest BCUT2D eigenvalue weighted by atomic mass is 19.4. The number of carbonyl (C=O) groups is 2. The van der Waals surface area contributed by atoms with Crippen LogP contribution < -0.4 is 16.4 Å². The summed E-state index contributed by atoms with van der Waals surface area (Å²) in [7, 11) is 0. The zero-order valence-electron chi connectivity index (χ0n) is 15.8. The lowest BCUT2D eigenvalue weighted by molar-refractivity contribution is -0.137. The van der Waals surface area contributed by atoms with Crippen molar-refractivity contribution >= 4 is 23.3 Å². The van der Waals surface area contributed by atoms with E-state index in [1.54, 1.807) is 0 Å². The zero-order chi connectivity index (χ0) is 21.9. The van der Waals surface area contributed by atoms with Crippen molar-refractivity contribution in [2.75, 3.05) is 18.9 Å². The first kappa shape index (κ1) is 19.3. The van der Waals surface area contributed by atoms with Crippen molar-refractivity contribution in [2.24, 2.45) is 0 Å². The summed E-state index contributed by atoms with van der Waals surface area (Å²) < 4.78 is 47.1. The van der Waals surface area contributed by atoms with Crippen molar-refractivity contribution in [3.8, 4) is 11.3 Å². The Kier molecular flexibility index (Phi) is 4.15. The summed E-state index contributed by atoms with van der Waals surface area (Å²) in [6.45, 7) is 0.751. The molecule has 0 unspecified atom stereocenters. The van der Waals surface area contributed by atoms with Gasteiger partial charge in [-0.3, -0.25) is 9.59 Å². The maximum Gasteiger partial charge on any atom is 0.417 e. The van der Waals surface area contributed by atoms with E-state index in [4.69, 9.17) is 10.5 Å². The van der Waals surface area contributed by atoms with Crippen LogP contribution in [0.3, 0.4) is 0 Å². The number of carbonyl (C=O) groups excluding carboxylic acids is 2. The van der Waals surface area contributed by atoms with E-state index in [1.165, 1.54) is 22.8 Å². The van der Waals surface area contributed by atoms with Gasteiger partial charge in [-0.05, 0) is 23.8 Å². The quantitative estimate of drug-likeness (QED) is 0.575. The van der Waals surface area contributed by atoms with Crippen LogP contribution in [0.5, 0.6) is 0 Å². The number of hydrogen-bond acceptors (Lipinski definition) is 6. The standard InChI is InChI=1S/C19H15F3N6O3/c20-19(21,22)11-4-8(3-9-5-24-17(29)13(9)11)12-1-2-28-16(26-12)14(15(23)27-28)18(30)25-10-6-31-7-10/h1-4,10H,5-7H2,(H2,23,27)(H,24,29)(H,25,30). The molecule has 2 aliphatic rings. The molecule has 0 atom stereocenters. The zero-order valence-corrected chi connectivity index (χ0v) is 15.8. The molecule has 4 N–H and O–H groups in total. The molecule has 4 heterocycles. The van der Waals surface area contributed by atoms with Gasteiger partial charge in [0.2, 0.25) is 0 Å². The van der Waals surface area contributed by atoms with E-state index in [0.29, 0.717) is 13.2 Å². The Morgan fingerprint density at radius 2 is 2.10 bits per heavy atom. The molecule has 1 saturated heterocycles. The second-order valence-corrected chi connectivity index (χ2v) is 7.29. The van der Waals surface area contributed by atoms with Crippen LogP contribution in [0.4, 0.5) is 19.0 Å². The summed E-state index contributed by atoms with van der Waals surface area (Å²) in [6, 6.07) is 3.67. The molecule has 1 fully saturated rings. The number of nitrogens with one attached hydrogen (secondary N) is 2. The van der Waals surface area contributed by atoms with Crippen LogP contribution in [0.1, 0.15) is 31.8 Å². The normalized spacial score (nSPS) is 16.2. The molecule has 12 heteroatoms. The summed E-state index contributed by atoms with van der Waals surface area (Å²) >= 11 is 0. The van der Waals surface area contributed by atoms with Gasteiger partial charge in [-0.2, -0.15) is 13.2 Å². The van der Waals surface area contributed by atoms with E-state index in [0.717, 1.165) is 6.07 Å². The number of anilines is 1. The number of amides is 2. The molecular formula is C19H15F3N6O3. The molecule has 0 radical (unpaired) electrons. The third kappa shape index (κ3) is 3.15. The van der Waals surface area contributed by atoms with Gasteiger partial charge in [0.1, 0.15) is 5.56 Å². The number of nitrogens with zero attached hydrogens (tertiary/aromatic N) is 3. The molecule has 0 saturated carbocycles. The molecule has 31 heavy (non-hydrogen) atoms. The van der Waals surface area contributed by atoms with E-state index in [1.807, 2.05) is 0 Å². The molecule has 0 aliphatic carbocycles. The maximum atomic E-state index is 13.6. The Morgan fingerprint density at radius 1 is 1.32 bits per heavy atom. The molecule has 1 aromatic carbocycles. The van der Waals surface area contributed by atoms with E-state index in [-0.39, 0.29) is 52.0 Å². The Morgan fingerprint density at radius 3 is 2.77 bits per heavy atom. The lowest BCUT2D eigenvalue weighted by atomic mass is 9.97. The first-order valence-electron chi connectivity index (χ1n) is 9.28. The second-order valence-electron chi connectivity index (χ2n) is 7.29. The van der Waals surface area contributed by atoms with Crippen LogP contribution in [0, 0.1) is 0 Å². The third-order valence-electron chi connectivity index (χ3n) is 5.20. The number of fused-ring (bicyclic) bond motifs is 2. The minimum absolute atomic E-state index is 0.00984. The van der Waals surface area contributed by atoms with E-state index in [9.17, 15) is 22.8 Å². The van der Waals surface area contributed by atoms with Crippen molar-refractivity contribution < 1.29 is 27.5 Å². The van der Waals surface area contributed by atoms with Crippen molar-refractivity contribution in [2.45, 2.75) is 18.8 Å². The number of benzene rings is 1. The van der Waals surface area contributed by atoms with Crippen molar-refractivity contribution in [1.29, 1.82) is 0 Å². The summed E-state index contributed by atoms with van der Waals surface area (Å²) in [5.74, 6) is -1.31. The maximum absolute atomic E-state index is 13.6. The predicted molar refractivity (Wildman–Crippen MR) is 101 cm³/mol. The second kappa shape index (κ2) is 6.67. The lowest BCUT2D eigenvalue weighted by Gasteiger charge is -2.26. The molecule has 5 rings (SSSR count). The highest BCUT2D eigenvalue weighted by molar-refractivity contribution is 6.04. The highest BCUT2D eigenvalue weighted by Crippen LogP contribution is 2.38. The van der Waals surface area contributed by atoms with Crippen LogP contribution >= 0.6 is 0 Å². The van der Waals surface area contributed by atoms with Crippen molar-refractivity contribution in [3.63, 3.8) is 0 Å². The van der Waals surface area contributed by atoms with Crippen molar-refractivity contribution in [1.82, 2.24) is 25.2 Å². The van der Waals surface area contributed by atoms with E-state index >= 15 is 0 Å². The number of rotatable bonds is 3. The van der Waals surface area contributed by atoms with Gasteiger partial charge in [0.25, 0.3) is 11.8 Å². The van der Waals surface area contributed by atoms with E-state index < -0.39 is 23.6 Å². The summed E-state index contributed by atoms with van der Waals surface area (Å²) in [5, 5.41) is 9.21. The number of halogens is 3. The largest absolute Gasteiger partial charge is 0.417 e. The van der Waals surface area contributed by atoms with Crippen LogP contribution in [0.25, 0.3) is 16.9 Å². The number of nitrogen functional groups attached to an aromatic ring is 1. The average Bonchev–Trinajstić information content (AvgIpc) is 3.21. The molecule has 2 amide bonds. The predicted octanol–water partition coefficient (Wildman–Crippen LogP) is 1.37. The summed E-state index contributed by atoms with van der Waals surface area (Å²) in [4.78, 5) is 28.9. The fraction of sp³-hybridized carbons (Fsp3) is 0.263. The summed E-state index contributed by atoms with van der Waals surface area (Å²) in [5.41, 5.74) is 5.18. The summed E-state index contributed by atoms with van der Waals surface area (Å²) in [6.07, 6.45) is -3.26. The number of alkyl halides is 3. The van der Waals surface area contributed by atoms with Gasteiger partial charge in [-0.1, -0.05) is 0 Å². The number of aromatic nitrogens is 3. The molecule has 9 nitrogen and oxygen atoms in total. The fourth-order valence-corrected chi connectivity index (χ4v) is 3.65. The van der Waals surface area contributed by atoms with Gasteiger partial charge in [0, 0.05) is 18.3 Å². The van der Waals surface area contributed by atoms with Crippen LogP contribution in [0.2, 0.25) is 0 Å². The molecule has 2 aromatic heterocycles. The fourth-order valence-electron chi connectivity index (χ4n) is 3.65. The molecule has 0 spiro atoms. The Bertz CT molecular complexity index is 1250. The molecule has 160 valence electrons. The topological polar surface area (TPSA) is 124 Å². The Hall–Kier alpha value is -3.67. The smallest absolute Gasteiger partial charge is 0.381 e. The first-order valence-corrected chi connectivity index (χ1v) is 9.28. The van der Waals surface area contributed by atoms with Gasteiger partial charge < -0.3 is 21.1 Å². The Balaban J connectivity index is 1.62. The van der Waals surface area contributed by atoms with E-state index in [2.05, 4.69) is 20.7 Å². The lowest BCUT2D eigenvalue weighted by Crippen LogP contribution is -2.48. The van der Waals surface area contributed by atoms with Crippen LogP contribution in [-0.4, -0.2) is 45.7 Å². The average molecular weight is 432 g/mol. The number of hydrogen-bond donors (Lipinski definition) is 3. The molecule has 0 bridgehead atoms. The number of nitrogens with two attached hydrogens (primary N) is 1. The van der Waals surface area contributed by atoms with Crippen LogP contribution in [-0.2, 0) is 17.5 Å². The van der Waals surface area contributed by atoms with Crippen LogP contribution in [0.15, 0.2) is 24.4 Å². The van der Waals surface area contributed by atoms with Gasteiger partial charge in [0.05, 0.1) is 36.1 Å². The van der Waals surface area contributed by atoms with Gasteiger partial charge >= 0.3 is 6.18 Å². The monoisotopic (exact) mass is 432 g/mol. The minimum Gasteiger partial charge on any atom is -0.381 e. The molecule has 3 aromatic rings. The third-order valence-corrected chi connectivity index (χ3v) is 5.20. The van der Waals surface area contributed by atoms with Crippen molar-refractivity contribution in [3.05, 3.63) is 46.6 Å². The van der Waals surface area contributed by atoms with Gasteiger partial charge in [0.15, 0.2) is 11.5 Å². The molecule has 2 aliphatic heterocycles. The van der Waals surface area contributed by atoms with Gasteiger partial charge in [-0.25, -0.2) is 9.50 Å². The Labute approximate surface area is 172 Å². The number of ether oxygens (including phenoxy) is 1. The first-order chi connectivity index (χ1) is 14.7. The van der Waals surface area contributed by atoms with Gasteiger partial charge in [-0.15, -0.1) is 5.10 Å². The highest BCUT2D eigenvalue weighted by Gasteiger charge is 2.39. The minimum atomic E-state index is -4.72.